The van der Waals surface area contributed by atoms with Crippen LogP contribution in [0.15, 0.2) is 54.6 Å². The molecule has 3 aromatic rings. The summed E-state index contributed by atoms with van der Waals surface area (Å²) in [7, 11) is 4.14. The van der Waals surface area contributed by atoms with Crippen molar-refractivity contribution < 1.29 is 0 Å². The quantitative estimate of drug-likeness (QED) is 0.619. The van der Waals surface area contributed by atoms with Crippen molar-refractivity contribution >= 4 is 11.6 Å². The molecule has 0 saturated heterocycles. The number of aromatic nitrogens is 3. The molecule has 5 nitrogen and oxygen atoms in total. The molecule has 1 N–H and O–H groups in total. The smallest absolute Gasteiger partial charge is 0.117 e. The van der Waals surface area contributed by atoms with Gasteiger partial charge in [-0.25, -0.2) is 0 Å². The molecule has 0 fully saturated rings. The summed E-state index contributed by atoms with van der Waals surface area (Å²) < 4.78 is 0. The number of hydrogen-bond donors (Lipinski definition) is 1. The number of benzene rings is 2. The summed E-state index contributed by atoms with van der Waals surface area (Å²) in [4.78, 5) is 3.90. The van der Waals surface area contributed by atoms with Crippen molar-refractivity contribution in [2.24, 2.45) is 0 Å². The summed E-state index contributed by atoms with van der Waals surface area (Å²) >= 11 is 6.09. The molecule has 0 atom stereocenters. The first kappa shape index (κ1) is 18.6. The van der Waals surface area contributed by atoms with Crippen molar-refractivity contribution in [2.75, 3.05) is 27.2 Å². The standard InChI is InChI=1S/C20H24ClN5/c1-25(2)12-11-22-14-19-20(17-8-4-3-5-9-17)24-26(23-19)15-16-7-6-10-18(21)13-16/h3-10,13,22H,11-12,14-15H2,1-2H3. The van der Waals surface area contributed by atoms with Gasteiger partial charge >= 0.3 is 0 Å². The average Bonchev–Trinajstić information content (AvgIpc) is 3.02. The number of hydrogen-bond acceptors (Lipinski definition) is 4. The van der Waals surface area contributed by atoms with Crippen LogP contribution in [-0.4, -0.2) is 47.1 Å². The van der Waals surface area contributed by atoms with E-state index in [4.69, 9.17) is 21.8 Å². The first-order valence-corrected chi connectivity index (χ1v) is 9.09. The molecular weight excluding hydrogens is 346 g/mol. The minimum Gasteiger partial charge on any atom is -0.310 e. The Bertz CT molecular complexity index is 829. The van der Waals surface area contributed by atoms with E-state index in [1.807, 2.05) is 42.5 Å². The topological polar surface area (TPSA) is 46.0 Å². The minimum atomic E-state index is 0.595. The van der Waals surface area contributed by atoms with Crippen LogP contribution in [0.25, 0.3) is 11.3 Å². The molecule has 0 unspecified atom stereocenters. The fourth-order valence-corrected chi connectivity index (χ4v) is 2.91. The molecule has 1 aromatic heterocycles. The number of likely N-dealkylation sites (N-methyl/N-ethyl adjacent to an activating group) is 1. The van der Waals surface area contributed by atoms with Gasteiger partial charge in [0.2, 0.25) is 0 Å². The molecule has 0 aliphatic heterocycles. The van der Waals surface area contributed by atoms with E-state index >= 15 is 0 Å². The normalized spacial score (nSPS) is 11.2. The average molecular weight is 370 g/mol. The Labute approximate surface area is 159 Å². The molecular formula is C20H24ClN5. The molecule has 0 aliphatic rings. The molecule has 3 rings (SSSR count). The van der Waals surface area contributed by atoms with E-state index < -0.39 is 0 Å². The lowest BCUT2D eigenvalue weighted by Crippen LogP contribution is -2.26. The first-order chi connectivity index (χ1) is 12.6. The lowest BCUT2D eigenvalue weighted by atomic mass is 10.1. The highest BCUT2D eigenvalue weighted by Crippen LogP contribution is 2.20. The summed E-state index contributed by atoms with van der Waals surface area (Å²) in [5.74, 6) is 0. The molecule has 0 saturated carbocycles. The van der Waals surface area contributed by atoms with Crippen LogP contribution < -0.4 is 5.32 Å². The maximum atomic E-state index is 6.09. The van der Waals surface area contributed by atoms with Crippen LogP contribution in [0, 0.1) is 0 Å². The van der Waals surface area contributed by atoms with E-state index in [1.54, 1.807) is 4.80 Å². The Balaban J connectivity index is 1.80. The zero-order valence-electron chi connectivity index (χ0n) is 15.2. The van der Waals surface area contributed by atoms with Gasteiger partial charge in [-0.2, -0.15) is 15.0 Å². The Morgan fingerprint density at radius 3 is 2.58 bits per heavy atom. The highest BCUT2D eigenvalue weighted by atomic mass is 35.5. The van der Waals surface area contributed by atoms with Gasteiger partial charge < -0.3 is 10.2 Å². The van der Waals surface area contributed by atoms with Crippen LogP contribution in [0.5, 0.6) is 0 Å². The number of nitrogens with one attached hydrogen (secondary N) is 1. The van der Waals surface area contributed by atoms with Crippen molar-refractivity contribution in [3.63, 3.8) is 0 Å². The first-order valence-electron chi connectivity index (χ1n) is 8.71. The molecule has 0 radical (unpaired) electrons. The van der Waals surface area contributed by atoms with Crippen molar-refractivity contribution in [3.8, 4) is 11.3 Å². The number of nitrogens with zero attached hydrogens (tertiary/aromatic N) is 4. The zero-order chi connectivity index (χ0) is 18.4. The second kappa shape index (κ2) is 8.94. The van der Waals surface area contributed by atoms with Gasteiger partial charge in [-0.3, -0.25) is 0 Å². The van der Waals surface area contributed by atoms with Gasteiger partial charge in [0.05, 0.1) is 6.54 Å². The summed E-state index contributed by atoms with van der Waals surface area (Å²) in [5.41, 5.74) is 4.04. The second-order valence-electron chi connectivity index (χ2n) is 6.50. The molecule has 0 aliphatic carbocycles. The van der Waals surface area contributed by atoms with Gasteiger partial charge in [0, 0.05) is 30.2 Å². The van der Waals surface area contributed by atoms with Crippen LogP contribution in [0.2, 0.25) is 5.02 Å². The Kier molecular flexibility index (Phi) is 6.39. The van der Waals surface area contributed by atoms with Crippen molar-refractivity contribution in [1.29, 1.82) is 0 Å². The monoisotopic (exact) mass is 369 g/mol. The van der Waals surface area contributed by atoms with Crippen molar-refractivity contribution in [3.05, 3.63) is 70.9 Å². The summed E-state index contributed by atoms with van der Waals surface area (Å²) in [6, 6.07) is 18.0. The minimum absolute atomic E-state index is 0.595. The van der Waals surface area contributed by atoms with Crippen LogP contribution >= 0.6 is 11.6 Å². The maximum absolute atomic E-state index is 6.09. The molecule has 0 spiro atoms. The fourth-order valence-electron chi connectivity index (χ4n) is 2.70. The van der Waals surface area contributed by atoms with Crippen LogP contribution in [0.3, 0.4) is 0 Å². The van der Waals surface area contributed by atoms with E-state index in [1.165, 1.54) is 0 Å². The predicted octanol–water partition coefficient (Wildman–Crippen LogP) is 3.30. The van der Waals surface area contributed by atoms with E-state index in [-0.39, 0.29) is 0 Å². The molecule has 0 bridgehead atoms. The summed E-state index contributed by atoms with van der Waals surface area (Å²) in [6.07, 6.45) is 0. The molecule has 2 aromatic carbocycles. The molecule has 26 heavy (non-hydrogen) atoms. The van der Waals surface area contributed by atoms with Crippen molar-refractivity contribution in [2.45, 2.75) is 13.1 Å². The molecule has 6 heteroatoms. The van der Waals surface area contributed by atoms with Gasteiger partial charge in [-0.1, -0.05) is 54.1 Å². The third-order valence-corrected chi connectivity index (χ3v) is 4.25. The van der Waals surface area contributed by atoms with Gasteiger partial charge in [-0.15, -0.1) is 0 Å². The summed E-state index contributed by atoms with van der Waals surface area (Å²) in [6.45, 7) is 3.17. The highest BCUT2D eigenvalue weighted by Gasteiger charge is 2.13. The van der Waals surface area contributed by atoms with E-state index in [9.17, 15) is 0 Å². The highest BCUT2D eigenvalue weighted by molar-refractivity contribution is 6.30. The predicted molar refractivity (Wildman–Crippen MR) is 106 cm³/mol. The second-order valence-corrected chi connectivity index (χ2v) is 6.94. The van der Waals surface area contributed by atoms with Gasteiger partial charge in [0.25, 0.3) is 0 Å². The molecule has 0 amide bonds. The fraction of sp³-hybridized carbons (Fsp3) is 0.300. The van der Waals surface area contributed by atoms with E-state index in [0.29, 0.717) is 13.1 Å². The maximum Gasteiger partial charge on any atom is 0.117 e. The number of rotatable bonds is 8. The molecule has 1 heterocycles. The number of halogens is 1. The largest absolute Gasteiger partial charge is 0.310 e. The zero-order valence-corrected chi connectivity index (χ0v) is 15.9. The summed E-state index contributed by atoms with van der Waals surface area (Å²) in [5, 5.41) is 13.6. The van der Waals surface area contributed by atoms with Gasteiger partial charge in [-0.05, 0) is 31.8 Å². The van der Waals surface area contributed by atoms with E-state index in [0.717, 1.165) is 40.6 Å². The Morgan fingerprint density at radius 2 is 1.85 bits per heavy atom. The third-order valence-electron chi connectivity index (χ3n) is 4.01. The third kappa shape index (κ3) is 5.14. The Hall–Kier alpha value is -2.21. The lowest BCUT2D eigenvalue weighted by molar-refractivity contribution is 0.399. The van der Waals surface area contributed by atoms with Crippen molar-refractivity contribution in [1.82, 2.24) is 25.2 Å². The van der Waals surface area contributed by atoms with Crippen LogP contribution in [0.1, 0.15) is 11.3 Å². The SMILES string of the molecule is CN(C)CCNCc1nn(Cc2cccc(Cl)c2)nc1-c1ccccc1. The van der Waals surface area contributed by atoms with Gasteiger partial charge in [0.15, 0.2) is 0 Å². The Morgan fingerprint density at radius 1 is 1.04 bits per heavy atom. The van der Waals surface area contributed by atoms with E-state index in [2.05, 4.69) is 36.4 Å². The van der Waals surface area contributed by atoms with Gasteiger partial charge in [0.1, 0.15) is 11.4 Å². The molecule has 136 valence electrons. The van der Waals surface area contributed by atoms with Crippen LogP contribution in [-0.2, 0) is 13.1 Å². The van der Waals surface area contributed by atoms with Crippen LogP contribution in [0.4, 0.5) is 0 Å². The lowest BCUT2D eigenvalue weighted by Gasteiger charge is -2.09.